The lowest BCUT2D eigenvalue weighted by molar-refractivity contribution is 0.416. The molecule has 0 atom stereocenters. The normalized spacial score (nSPS) is 15.3. The molecule has 0 N–H and O–H groups in total. The molecule has 32 heavy (non-hydrogen) atoms. The van der Waals surface area contributed by atoms with Crippen LogP contribution in [0.5, 0.6) is 5.75 Å². The molecule has 0 amide bonds. The molecule has 2 aliphatic heterocycles. The summed E-state index contributed by atoms with van der Waals surface area (Å²) in [6.45, 7) is 3.99. The third-order valence-electron chi connectivity index (χ3n) is 6.08. The Hall–Kier alpha value is -3.24. The van der Waals surface area contributed by atoms with Gasteiger partial charge in [0.25, 0.3) is 0 Å². The zero-order valence-corrected chi connectivity index (χ0v) is 19.1. The van der Waals surface area contributed by atoms with Crippen molar-refractivity contribution in [2.75, 3.05) is 25.1 Å². The van der Waals surface area contributed by atoms with Crippen LogP contribution < -0.4 is 9.64 Å². The van der Waals surface area contributed by atoms with Gasteiger partial charge in [-0.25, -0.2) is 0 Å². The highest BCUT2D eigenvalue weighted by Gasteiger charge is 2.32. The molecule has 0 bridgehead atoms. The van der Waals surface area contributed by atoms with Crippen LogP contribution in [0.2, 0.25) is 5.02 Å². The van der Waals surface area contributed by atoms with Crippen LogP contribution in [0.3, 0.4) is 0 Å². The molecule has 0 unspecified atom stereocenters. The van der Waals surface area contributed by atoms with Crippen LogP contribution in [0.15, 0.2) is 77.9 Å². The molecule has 2 heterocycles. The van der Waals surface area contributed by atoms with E-state index >= 15 is 0 Å². The van der Waals surface area contributed by atoms with E-state index in [1.165, 1.54) is 16.8 Å². The van der Waals surface area contributed by atoms with Gasteiger partial charge in [-0.1, -0.05) is 54.9 Å². The average molecular weight is 444 g/mol. The van der Waals surface area contributed by atoms with Gasteiger partial charge in [0.15, 0.2) is 0 Å². The first kappa shape index (κ1) is 20.7. The van der Waals surface area contributed by atoms with Crippen LogP contribution in [0, 0.1) is 0 Å². The second kappa shape index (κ2) is 8.71. The first-order valence-electron chi connectivity index (χ1n) is 11.0. The summed E-state index contributed by atoms with van der Waals surface area (Å²) in [6.07, 6.45) is 4.20. The van der Waals surface area contributed by atoms with Crippen molar-refractivity contribution >= 4 is 28.9 Å². The van der Waals surface area contributed by atoms with Gasteiger partial charge < -0.3 is 9.64 Å². The summed E-state index contributed by atoms with van der Waals surface area (Å²) in [5.41, 5.74) is 6.97. The number of methoxy groups -OCH3 is 1. The molecule has 162 valence electrons. The topological polar surface area (TPSA) is 28.1 Å². The van der Waals surface area contributed by atoms with Crippen molar-refractivity contribution in [2.24, 2.45) is 4.99 Å². The van der Waals surface area contributed by atoms with Crippen molar-refractivity contribution in [3.8, 4) is 16.9 Å². The lowest BCUT2D eigenvalue weighted by Crippen LogP contribution is -2.38. The van der Waals surface area contributed by atoms with Crippen molar-refractivity contribution in [1.29, 1.82) is 0 Å². The Kier molecular flexibility index (Phi) is 5.62. The smallest absolute Gasteiger partial charge is 0.210 e. The monoisotopic (exact) mass is 443 g/mol. The number of aryl methyl sites for hydroxylation is 1. The van der Waals surface area contributed by atoms with Gasteiger partial charge in [-0.3, -0.25) is 9.89 Å². The Morgan fingerprint density at radius 2 is 1.81 bits per heavy atom. The van der Waals surface area contributed by atoms with Crippen molar-refractivity contribution < 1.29 is 4.74 Å². The van der Waals surface area contributed by atoms with E-state index < -0.39 is 0 Å². The summed E-state index contributed by atoms with van der Waals surface area (Å²) < 4.78 is 5.54. The van der Waals surface area contributed by atoms with Gasteiger partial charge in [-0.15, -0.1) is 0 Å². The molecule has 0 spiro atoms. The SMILES string of the molecule is CCc1cc(Cl)ccc1C1=CN(c2ccc(-c3ccccc3OC)cc2)C2=NCCCN12. The van der Waals surface area contributed by atoms with Crippen LogP contribution in [0.1, 0.15) is 24.5 Å². The molecule has 0 radical (unpaired) electrons. The third-order valence-corrected chi connectivity index (χ3v) is 6.31. The fourth-order valence-electron chi connectivity index (χ4n) is 4.47. The maximum Gasteiger partial charge on any atom is 0.210 e. The summed E-state index contributed by atoms with van der Waals surface area (Å²) in [4.78, 5) is 9.41. The number of hydrogen-bond acceptors (Lipinski definition) is 4. The number of aliphatic imine (C=N–C) groups is 1. The number of rotatable bonds is 5. The molecule has 5 rings (SSSR count). The predicted molar refractivity (Wildman–Crippen MR) is 133 cm³/mol. The molecule has 0 aromatic heterocycles. The molecule has 0 fully saturated rings. The zero-order valence-electron chi connectivity index (χ0n) is 18.4. The Labute approximate surface area is 194 Å². The van der Waals surface area contributed by atoms with Crippen molar-refractivity contribution in [2.45, 2.75) is 19.8 Å². The number of ether oxygens (including phenoxy) is 1. The summed E-state index contributed by atoms with van der Waals surface area (Å²) in [5, 5.41) is 0.778. The summed E-state index contributed by atoms with van der Waals surface area (Å²) in [5.74, 6) is 1.87. The Bertz CT molecular complexity index is 1200. The predicted octanol–water partition coefficient (Wildman–Crippen LogP) is 6.46. The van der Waals surface area contributed by atoms with Crippen LogP contribution >= 0.6 is 11.6 Å². The fourth-order valence-corrected chi connectivity index (χ4v) is 4.67. The van der Waals surface area contributed by atoms with Gasteiger partial charge in [0.2, 0.25) is 5.96 Å². The number of nitrogens with zero attached hydrogens (tertiary/aromatic N) is 3. The van der Waals surface area contributed by atoms with Crippen LogP contribution in [-0.4, -0.2) is 31.1 Å². The minimum Gasteiger partial charge on any atom is -0.496 e. The molecule has 4 nitrogen and oxygen atoms in total. The lowest BCUT2D eigenvalue weighted by Gasteiger charge is -2.29. The second-order valence-electron chi connectivity index (χ2n) is 7.97. The van der Waals surface area contributed by atoms with E-state index in [2.05, 4.69) is 65.4 Å². The number of guanidine groups is 1. The largest absolute Gasteiger partial charge is 0.496 e. The molecular formula is C27H26ClN3O. The maximum absolute atomic E-state index is 6.28. The zero-order chi connectivity index (χ0) is 22.1. The van der Waals surface area contributed by atoms with Crippen molar-refractivity contribution in [3.05, 3.63) is 89.1 Å². The van der Waals surface area contributed by atoms with E-state index in [4.69, 9.17) is 21.3 Å². The number of para-hydroxylation sites is 1. The standard InChI is InChI=1S/C27H26ClN3O/c1-3-19-17-21(28)11-14-23(19)25-18-31(27-29-15-6-16-30(25)27)22-12-9-20(10-13-22)24-7-4-5-8-26(24)32-2/h4-5,7-14,17-18H,3,6,15-16H2,1-2H3. The van der Waals surface area contributed by atoms with E-state index in [0.717, 1.165) is 59.5 Å². The summed E-state index contributed by atoms with van der Waals surface area (Å²) in [7, 11) is 1.71. The number of halogens is 1. The van der Waals surface area contributed by atoms with Gasteiger partial charge in [0.05, 0.1) is 12.8 Å². The summed E-state index contributed by atoms with van der Waals surface area (Å²) in [6, 6.07) is 22.9. The lowest BCUT2D eigenvalue weighted by atomic mass is 10.0. The number of benzene rings is 3. The Morgan fingerprint density at radius 1 is 1.00 bits per heavy atom. The number of fused-ring (bicyclic) bond motifs is 1. The van der Waals surface area contributed by atoms with E-state index in [1.54, 1.807) is 7.11 Å². The molecule has 5 heteroatoms. The van der Waals surface area contributed by atoms with Crippen LogP contribution in [0.25, 0.3) is 16.8 Å². The van der Waals surface area contributed by atoms with Gasteiger partial charge in [-0.2, -0.15) is 0 Å². The van der Waals surface area contributed by atoms with Crippen LogP contribution in [0.4, 0.5) is 5.69 Å². The molecular weight excluding hydrogens is 418 g/mol. The first-order valence-corrected chi connectivity index (χ1v) is 11.4. The van der Waals surface area contributed by atoms with Gasteiger partial charge in [-0.05, 0) is 54.3 Å². The molecule has 0 saturated heterocycles. The summed E-state index contributed by atoms with van der Waals surface area (Å²) >= 11 is 6.28. The van der Waals surface area contributed by atoms with Gasteiger partial charge in [0.1, 0.15) is 5.75 Å². The minimum absolute atomic E-state index is 0.778. The quantitative estimate of drug-likeness (QED) is 0.453. The van der Waals surface area contributed by atoms with Crippen LogP contribution in [-0.2, 0) is 6.42 Å². The van der Waals surface area contributed by atoms with E-state index in [-0.39, 0.29) is 0 Å². The van der Waals surface area contributed by atoms with Crippen molar-refractivity contribution in [3.63, 3.8) is 0 Å². The second-order valence-corrected chi connectivity index (χ2v) is 8.41. The first-order chi connectivity index (χ1) is 15.7. The molecule has 0 aliphatic carbocycles. The van der Waals surface area contributed by atoms with E-state index in [0.29, 0.717) is 0 Å². The molecule has 0 saturated carbocycles. The van der Waals surface area contributed by atoms with Gasteiger partial charge >= 0.3 is 0 Å². The van der Waals surface area contributed by atoms with E-state index in [1.807, 2.05) is 24.3 Å². The maximum atomic E-state index is 6.28. The van der Waals surface area contributed by atoms with Crippen molar-refractivity contribution in [1.82, 2.24) is 4.90 Å². The molecule has 3 aromatic rings. The Balaban J connectivity index is 1.53. The van der Waals surface area contributed by atoms with E-state index in [9.17, 15) is 0 Å². The molecule has 3 aromatic carbocycles. The third kappa shape index (κ3) is 3.65. The fraction of sp³-hybridized carbons (Fsp3) is 0.222. The highest BCUT2D eigenvalue weighted by atomic mass is 35.5. The minimum atomic E-state index is 0.778. The Morgan fingerprint density at radius 3 is 2.59 bits per heavy atom. The highest BCUT2D eigenvalue weighted by molar-refractivity contribution is 6.30. The van der Waals surface area contributed by atoms with Gasteiger partial charge in [0, 0.05) is 41.1 Å². The highest BCUT2D eigenvalue weighted by Crippen LogP contribution is 2.37. The number of hydrogen-bond donors (Lipinski definition) is 0. The number of anilines is 1. The average Bonchev–Trinajstić information content (AvgIpc) is 3.23. The molecule has 2 aliphatic rings.